The number of aryl methyl sites for hydroxylation is 2. The molecule has 2 aromatic rings. The minimum absolute atomic E-state index is 0.387. The minimum atomic E-state index is 0.387. The zero-order chi connectivity index (χ0) is 22.1. The predicted octanol–water partition coefficient (Wildman–Crippen LogP) is 1.99. The van der Waals surface area contributed by atoms with Crippen LogP contribution in [0, 0.1) is 13.8 Å². The van der Waals surface area contributed by atoms with Crippen molar-refractivity contribution in [1.29, 1.82) is 0 Å². The van der Waals surface area contributed by atoms with Gasteiger partial charge in [0.2, 0.25) is 0 Å². The van der Waals surface area contributed by atoms with Gasteiger partial charge in [-0.2, -0.15) is 0 Å². The van der Waals surface area contributed by atoms with Crippen molar-refractivity contribution in [3.63, 3.8) is 0 Å². The van der Waals surface area contributed by atoms with Crippen LogP contribution in [0.15, 0.2) is 29.3 Å². The number of nitrogens with zero attached hydrogens (tertiary/aromatic N) is 5. The molecule has 1 aliphatic rings. The van der Waals surface area contributed by atoms with E-state index in [4.69, 9.17) is 9.73 Å². The first-order valence-corrected chi connectivity index (χ1v) is 11.3. The third-order valence-corrected chi connectivity index (χ3v) is 5.83. The van der Waals surface area contributed by atoms with Crippen LogP contribution in [-0.2, 0) is 18.3 Å². The van der Waals surface area contributed by atoms with E-state index >= 15 is 0 Å². The van der Waals surface area contributed by atoms with Crippen molar-refractivity contribution >= 4 is 5.96 Å². The third kappa shape index (κ3) is 7.33. The Morgan fingerprint density at radius 2 is 1.87 bits per heavy atom. The van der Waals surface area contributed by atoms with Crippen LogP contribution in [0.3, 0.4) is 0 Å². The Morgan fingerprint density at radius 1 is 1.13 bits per heavy atom. The number of hydrogen-bond acceptors (Lipinski definition) is 5. The lowest BCUT2D eigenvalue weighted by molar-refractivity contribution is 0.0376. The smallest absolute Gasteiger partial charge is 0.191 e. The number of rotatable bonds is 9. The maximum absolute atomic E-state index is 5.43. The second kappa shape index (κ2) is 11.8. The zero-order valence-corrected chi connectivity index (χ0v) is 19.4. The summed E-state index contributed by atoms with van der Waals surface area (Å²) in [6.07, 6.45) is 1.07. The van der Waals surface area contributed by atoms with Crippen LogP contribution in [-0.4, -0.2) is 71.6 Å². The van der Waals surface area contributed by atoms with E-state index in [0.717, 1.165) is 70.0 Å². The van der Waals surface area contributed by atoms with E-state index in [2.05, 4.69) is 63.8 Å². The van der Waals surface area contributed by atoms with Crippen molar-refractivity contribution in [2.45, 2.75) is 39.7 Å². The lowest BCUT2D eigenvalue weighted by Crippen LogP contribution is -2.41. The highest BCUT2D eigenvalue weighted by atomic mass is 16.5. The number of nitrogens with one attached hydrogen (secondary N) is 2. The molecular weight excluding hydrogens is 390 g/mol. The molecule has 1 aromatic heterocycles. The fourth-order valence-electron chi connectivity index (χ4n) is 3.51. The van der Waals surface area contributed by atoms with Gasteiger partial charge in [-0.1, -0.05) is 36.8 Å². The Morgan fingerprint density at radius 3 is 2.55 bits per heavy atom. The molecule has 3 rings (SSSR count). The number of guanidine groups is 1. The molecule has 1 aliphatic heterocycles. The molecular formula is C23H37N7O. The van der Waals surface area contributed by atoms with Gasteiger partial charge in [0.15, 0.2) is 11.8 Å². The number of hydrogen-bond donors (Lipinski definition) is 2. The van der Waals surface area contributed by atoms with Crippen molar-refractivity contribution in [3.05, 3.63) is 47.0 Å². The molecule has 8 nitrogen and oxygen atoms in total. The normalized spacial score (nSPS) is 16.3. The summed E-state index contributed by atoms with van der Waals surface area (Å²) >= 11 is 0. The molecule has 2 heterocycles. The summed E-state index contributed by atoms with van der Waals surface area (Å²) in [6, 6.07) is 8.75. The molecule has 8 heteroatoms. The maximum atomic E-state index is 5.43. The molecule has 0 bridgehead atoms. The van der Waals surface area contributed by atoms with Gasteiger partial charge in [0.05, 0.1) is 13.2 Å². The van der Waals surface area contributed by atoms with E-state index in [1.807, 2.05) is 18.5 Å². The van der Waals surface area contributed by atoms with Crippen LogP contribution in [0.5, 0.6) is 0 Å². The lowest BCUT2D eigenvalue weighted by Gasteiger charge is -2.26. The van der Waals surface area contributed by atoms with Crippen LogP contribution in [0.1, 0.15) is 42.0 Å². The highest BCUT2D eigenvalue weighted by molar-refractivity contribution is 5.79. The summed E-state index contributed by atoms with van der Waals surface area (Å²) in [5.74, 6) is 2.96. The van der Waals surface area contributed by atoms with E-state index in [9.17, 15) is 0 Å². The largest absolute Gasteiger partial charge is 0.379 e. The molecule has 1 fully saturated rings. The Bertz CT molecular complexity index is 825. The minimum Gasteiger partial charge on any atom is -0.379 e. The molecule has 0 saturated carbocycles. The molecule has 2 N–H and O–H groups in total. The number of aromatic nitrogens is 3. The molecule has 170 valence electrons. The van der Waals surface area contributed by atoms with Crippen molar-refractivity contribution in [2.75, 3.05) is 45.9 Å². The van der Waals surface area contributed by atoms with Crippen LogP contribution in [0.4, 0.5) is 0 Å². The first kappa shape index (κ1) is 23.2. The van der Waals surface area contributed by atoms with Gasteiger partial charge in [-0.3, -0.25) is 4.90 Å². The summed E-state index contributed by atoms with van der Waals surface area (Å²) in [5.41, 5.74) is 2.61. The van der Waals surface area contributed by atoms with Crippen LogP contribution < -0.4 is 10.6 Å². The Hall–Kier alpha value is -2.45. The summed E-state index contributed by atoms with van der Waals surface area (Å²) < 4.78 is 7.41. The number of ether oxygens (including phenoxy) is 1. The number of morpholine rings is 1. The Labute approximate surface area is 186 Å². The molecule has 1 atom stereocenters. The first-order valence-electron chi connectivity index (χ1n) is 11.3. The first-order chi connectivity index (χ1) is 15.0. The quantitative estimate of drug-likeness (QED) is 0.362. The summed E-state index contributed by atoms with van der Waals surface area (Å²) in [6.45, 7) is 13.3. The van der Waals surface area contributed by atoms with Crippen LogP contribution in [0.25, 0.3) is 0 Å². The van der Waals surface area contributed by atoms with Crippen molar-refractivity contribution < 1.29 is 4.74 Å². The van der Waals surface area contributed by atoms with Crippen molar-refractivity contribution in [1.82, 2.24) is 30.3 Å². The van der Waals surface area contributed by atoms with Crippen LogP contribution >= 0.6 is 0 Å². The Kier molecular flexibility index (Phi) is 8.85. The second-order valence-electron chi connectivity index (χ2n) is 8.31. The van der Waals surface area contributed by atoms with E-state index in [0.29, 0.717) is 12.5 Å². The van der Waals surface area contributed by atoms with Gasteiger partial charge in [0, 0.05) is 33.2 Å². The summed E-state index contributed by atoms with van der Waals surface area (Å²) in [4.78, 5) is 7.23. The van der Waals surface area contributed by atoms with E-state index in [1.165, 1.54) is 11.1 Å². The Balaban J connectivity index is 1.54. The molecule has 31 heavy (non-hydrogen) atoms. The summed E-state index contributed by atoms with van der Waals surface area (Å²) in [7, 11) is 1.97. The molecule has 1 aromatic carbocycles. The zero-order valence-electron chi connectivity index (χ0n) is 19.4. The SMILES string of the molecule is Cc1ccc(C(C)CNC(=NCc2nnc(C)n2C)NCCCN2CCOCC2)cc1. The van der Waals surface area contributed by atoms with Gasteiger partial charge in [-0.05, 0) is 38.3 Å². The second-order valence-corrected chi connectivity index (χ2v) is 8.31. The van der Waals surface area contributed by atoms with Gasteiger partial charge in [-0.15, -0.1) is 10.2 Å². The fraction of sp³-hybridized carbons (Fsp3) is 0.609. The molecule has 1 unspecified atom stereocenters. The lowest BCUT2D eigenvalue weighted by atomic mass is 10.0. The van der Waals surface area contributed by atoms with E-state index in [1.54, 1.807) is 0 Å². The number of aliphatic imine (C=N–C) groups is 1. The van der Waals surface area contributed by atoms with Crippen molar-refractivity contribution in [2.24, 2.45) is 12.0 Å². The van der Waals surface area contributed by atoms with Gasteiger partial charge in [0.1, 0.15) is 12.4 Å². The standard InChI is InChI=1S/C23H37N7O/c1-18-6-8-21(9-7-18)19(2)16-25-23(26-17-22-28-27-20(3)29(22)4)24-10-5-11-30-12-14-31-15-13-30/h6-9,19H,5,10-17H2,1-4H3,(H2,24,25,26). The predicted molar refractivity (Wildman–Crippen MR) is 124 cm³/mol. The fourth-order valence-corrected chi connectivity index (χ4v) is 3.51. The molecule has 0 aliphatic carbocycles. The third-order valence-electron chi connectivity index (χ3n) is 5.83. The van der Waals surface area contributed by atoms with Gasteiger partial charge in [-0.25, -0.2) is 4.99 Å². The number of benzene rings is 1. The van der Waals surface area contributed by atoms with E-state index in [-0.39, 0.29) is 0 Å². The monoisotopic (exact) mass is 427 g/mol. The van der Waals surface area contributed by atoms with Gasteiger partial charge < -0.3 is 19.9 Å². The molecule has 1 saturated heterocycles. The molecule has 0 radical (unpaired) electrons. The van der Waals surface area contributed by atoms with E-state index < -0.39 is 0 Å². The highest BCUT2D eigenvalue weighted by Crippen LogP contribution is 2.14. The average Bonchev–Trinajstić information content (AvgIpc) is 3.11. The van der Waals surface area contributed by atoms with Crippen LogP contribution in [0.2, 0.25) is 0 Å². The average molecular weight is 428 g/mol. The maximum Gasteiger partial charge on any atom is 0.191 e. The van der Waals surface area contributed by atoms with Crippen molar-refractivity contribution in [3.8, 4) is 0 Å². The highest BCUT2D eigenvalue weighted by Gasteiger charge is 2.11. The van der Waals surface area contributed by atoms with Gasteiger partial charge in [0.25, 0.3) is 0 Å². The topological polar surface area (TPSA) is 79.6 Å². The molecule has 0 amide bonds. The van der Waals surface area contributed by atoms with Gasteiger partial charge >= 0.3 is 0 Å². The summed E-state index contributed by atoms with van der Waals surface area (Å²) in [5, 5.41) is 15.4. The molecule has 0 spiro atoms.